The van der Waals surface area contributed by atoms with E-state index in [9.17, 15) is 14.3 Å². The molecule has 0 saturated carbocycles. The van der Waals surface area contributed by atoms with Crippen LogP contribution in [0.5, 0.6) is 5.75 Å². The fourth-order valence-corrected chi connectivity index (χ4v) is 2.74. The Hall–Kier alpha value is -1.62. The van der Waals surface area contributed by atoms with Gasteiger partial charge in [-0.3, -0.25) is 4.79 Å². The molecule has 2 unspecified atom stereocenters. The number of ether oxygens (including phenoxy) is 1. The first kappa shape index (κ1) is 15.8. The van der Waals surface area contributed by atoms with Crippen molar-refractivity contribution in [2.24, 2.45) is 11.8 Å². The lowest BCUT2D eigenvalue weighted by atomic mass is 9.92. The van der Waals surface area contributed by atoms with Crippen LogP contribution in [-0.4, -0.2) is 41.7 Å². The third kappa shape index (κ3) is 4.17. The Morgan fingerprint density at radius 1 is 1.43 bits per heavy atom. The highest BCUT2D eigenvalue weighted by molar-refractivity contribution is 5.70. The van der Waals surface area contributed by atoms with Gasteiger partial charge in [0.05, 0.1) is 5.92 Å². The maximum atomic E-state index is 12.8. The Labute approximate surface area is 124 Å². The van der Waals surface area contributed by atoms with Gasteiger partial charge >= 0.3 is 5.97 Å². The number of halogens is 1. The molecule has 5 heteroatoms. The van der Waals surface area contributed by atoms with Crippen LogP contribution in [0, 0.1) is 17.7 Å². The van der Waals surface area contributed by atoms with Crippen molar-refractivity contribution in [3.63, 3.8) is 0 Å². The van der Waals surface area contributed by atoms with E-state index in [0.29, 0.717) is 11.8 Å². The number of likely N-dealkylation sites (tertiary alicyclic amines) is 1. The Morgan fingerprint density at radius 3 is 2.62 bits per heavy atom. The highest BCUT2D eigenvalue weighted by Gasteiger charge is 2.35. The van der Waals surface area contributed by atoms with E-state index in [1.807, 2.05) is 0 Å². The molecule has 1 aliphatic rings. The molecule has 1 aromatic rings. The number of benzene rings is 1. The molecule has 1 saturated heterocycles. The smallest absolute Gasteiger partial charge is 0.310 e. The molecule has 4 nitrogen and oxygen atoms in total. The molecule has 0 radical (unpaired) electrons. The van der Waals surface area contributed by atoms with Crippen LogP contribution in [0.15, 0.2) is 24.3 Å². The number of aliphatic carboxylic acids is 1. The summed E-state index contributed by atoms with van der Waals surface area (Å²) in [6.45, 7) is 6.09. The van der Waals surface area contributed by atoms with Gasteiger partial charge in [-0.2, -0.15) is 0 Å². The first-order valence-corrected chi connectivity index (χ1v) is 7.32. The second kappa shape index (κ2) is 6.89. The van der Waals surface area contributed by atoms with Crippen LogP contribution in [0.3, 0.4) is 0 Å². The molecule has 1 aromatic carbocycles. The van der Waals surface area contributed by atoms with E-state index in [-0.39, 0.29) is 18.3 Å². The topological polar surface area (TPSA) is 49.8 Å². The SMILES string of the molecule is CC(C)N1CCC(C(COc2ccc(F)cc2)C(=O)O)C1. The van der Waals surface area contributed by atoms with E-state index in [1.54, 1.807) is 0 Å². The summed E-state index contributed by atoms with van der Waals surface area (Å²) in [7, 11) is 0. The Kier molecular flexibility index (Phi) is 5.17. The Balaban J connectivity index is 1.94. The zero-order valence-electron chi connectivity index (χ0n) is 12.5. The standard InChI is InChI=1S/C16H22FNO3/c1-11(2)18-8-7-12(9-18)15(16(19)20)10-21-14-5-3-13(17)4-6-14/h3-6,11-12,15H,7-10H2,1-2H3,(H,19,20). The quantitative estimate of drug-likeness (QED) is 0.876. The summed E-state index contributed by atoms with van der Waals surface area (Å²) in [4.78, 5) is 13.8. The van der Waals surface area contributed by atoms with E-state index < -0.39 is 11.9 Å². The van der Waals surface area contributed by atoms with Crippen molar-refractivity contribution < 1.29 is 19.0 Å². The van der Waals surface area contributed by atoms with Crippen molar-refractivity contribution in [2.75, 3.05) is 19.7 Å². The molecule has 1 aliphatic heterocycles. The van der Waals surface area contributed by atoms with Crippen molar-refractivity contribution in [1.29, 1.82) is 0 Å². The van der Waals surface area contributed by atoms with Crippen LogP contribution in [0.2, 0.25) is 0 Å². The van der Waals surface area contributed by atoms with E-state index in [0.717, 1.165) is 19.5 Å². The van der Waals surface area contributed by atoms with Crippen LogP contribution < -0.4 is 4.74 Å². The molecule has 2 rings (SSSR count). The van der Waals surface area contributed by atoms with Gasteiger partial charge in [0.2, 0.25) is 0 Å². The van der Waals surface area contributed by atoms with E-state index in [1.165, 1.54) is 24.3 Å². The number of rotatable bonds is 6. The molecule has 0 spiro atoms. The summed E-state index contributed by atoms with van der Waals surface area (Å²) in [5, 5.41) is 9.42. The average molecular weight is 295 g/mol. The van der Waals surface area contributed by atoms with Gasteiger partial charge < -0.3 is 14.7 Å². The summed E-state index contributed by atoms with van der Waals surface area (Å²) in [6, 6.07) is 6.08. The number of carbonyl (C=O) groups is 1. The van der Waals surface area contributed by atoms with Gasteiger partial charge in [-0.1, -0.05) is 0 Å². The monoisotopic (exact) mass is 295 g/mol. The molecule has 0 aromatic heterocycles. The van der Waals surface area contributed by atoms with E-state index in [4.69, 9.17) is 4.74 Å². The number of carboxylic acids is 1. The van der Waals surface area contributed by atoms with Gasteiger partial charge in [-0.05, 0) is 57.0 Å². The Bertz CT molecular complexity index is 475. The van der Waals surface area contributed by atoms with E-state index in [2.05, 4.69) is 18.7 Å². The first-order valence-electron chi connectivity index (χ1n) is 7.32. The van der Waals surface area contributed by atoms with Crippen LogP contribution in [-0.2, 0) is 4.79 Å². The van der Waals surface area contributed by atoms with Gasteiger partial charge in [0.25, 0.3) is 0 Å². The minimum atomic E-state index is -0.826. The minimum Gasteiger partial charge on any atom is -0.493 e. The second-order valence-electron chi connectivity index (χ2n) is 5.85. The fraction of sp³-hybridized carbons (Fsp3) is 0.562. The lowest BCUT2D eigenvalue weighted by molar-refractivity contribution is -0.144. The van der Waals surface area contributed by atoms with Crippen LogP contribution in [0.1, 0.15) is 20.3 Å². The highest BCUT2D eigenvalue weighted by atomic mass is 19.1. The molecule has 1 heterocycles. The highest BCUT2D eigenvalue weighted by Crippen LogP contribution is 2.27. The lowest BCUT2D eigenvalue weighted by Gasteiger charge is -2.23. The van der Waals surface area contributed by atoms with Gasteiger partial charge in [0, 0.05) is 12.6 Å². The summed E-state index contributed by atoms with van der Waals surface area (Å²) in [6.07, 6.45) is 0.877. The number of hydrogen-bond acceptors (Lipinski definition) is 3. The van der Waals surface area contributed by atoms with Crippen molar-refractivity contribution >= 4 is 5.97 Å². The van der Waals surface area contributed by atoms with Crippen LogP contribution >= 0.6 is 0 Å². The summed E-state index contributed by atoms with van der Waals surface area (Å²) >= 11 is 0. The number of hydrogen-bond donors (Lipinski definition) is 1. The molecule has 116 valence electrons. The van der Waals surface area contributed by atoms with Gasteiger partial charge in [0.1, 0.15) is 18.2 Å². The second-order valence-corrected chi connectivity index (χ2v) is 5.85. The van der Waals surface area contributed by atoms with Crippen LogP contribution in [0.4, 0.5) is 4.39 Å². The molecule has 21 heavy (non-hydrogen) atoms. The predicted molar refractivity (Wildman–Crippen MR) is 77.8 cm³/mol. The molecular weight excluding hydrogens is 273 g/mol. The van der Waals surface area contributed by atoms with E-state index >= 15 is 0 Å². The summed E-state index contributed by atoms with van der Waals surface area (Å²) in [5.74, 6) is -1.08. The van der Waals surface area contributed by atoms with Crippen molar-refractivity contribution in [2.45, 2.75) is 26.3 Å². The molecule has 0 amide bonds. The van der Waals surface area contributed by atoms with Gasteiger partial charge in [-0.25, -0.2) is 4.39 Å². The van der Waals surface area contributed by atoms with Gasteiger partial charge in [-0.15, -0.1) is 0 Å². The summed E-state index contributed by atoms with van der Waals surface area (Å²) < 4.78 is 18.3. The molecule has 1 N–H and O–H groups in total. The lowest BCUT2D eigenvalue weighted by Crippen LogP contribution is -2.33. The first-order chi connectivity index (χ1) is 9.97. The number of carboxylic acid groups (broad SMARTS) is 1. The van der Waals surface area contributed by atoms with Crippen LogP contribution in [0.25, 0.3) is 0 Å². The maximum Gasteiger partial charge on any atom is 0.310 e. The molecule has 0 bridgehead atoms. The zero-order chi connectivity index (χ0) is 15.4. The minimum absolute atomic E-state index is 0.102. The third-order valence-electron chi connectivity index (χ3n) is 4.12. The summed E-state index contributed by atoms with van der Waals surface area (Å²) in [5.41, 5.74) is 0. The Morgan fingerprint density at radius 2 is 2.10 bits per heavy atom. The molecule has 0 aliphatic carbocycles. The van der Waals surface area contributed by atoms with Crippen molar-refractivity contribution in [3.05, 3.63) is 30.1 Å². The van der Waals surface area contributed by atoms with Gasteiger partial charge in [0.15, 0.2) is 0 Å². The fourth-order valence-electron chi connectivity index (χ4n) is 2.74. The maximum absolute atomic E-state index is 12.8. The average Bonchev–Trinajstić information content (AvgIpc) is 2.90. The zero-order valence-corrected chi connectivity index (χ0v) is 12.5. The largest absolute Gasteiger partial charge is 0.493 e. The molecule has 1 fully saturated rings. The van der Waals surface area contributed by atoms with Crippen molar-refractivity contribution in [1.82, 2.24) is 4.90 Å². The predicted octanol–water partition coefficient (Wildman–Crippen LogP) is 2.64. The van der Waals surface area contributed by atoms with Crippen molar-refractivity contribution in [3.8, 4) is 5.75 Å². The number of nitrogens with zero attached hydrogens (tertiary/aromatic N) is 1. The normalized spacial score (nSPS) is 20.7. The molecular formula is C16H22FNO3. The molecule has 2 atom stereocenters. The third-order valence-corrected chi connectivity index (χ3v) is 4.12.